The van der Waals surface area contributed by atoms with E-state index in [4.69, 9.17) is 0 Å². The van der Waals surface area contributed by atoms with Gasteiger partial charge in [0.2, 0.25) is 0 Å². The van der Waals surface area contributed by atoms with Crippen LogP contribution in [0, 0.1) is 5.92 Å². The molecule has 0 N–H and O–H groups in total. The van der Waals surface area contributed by atoms with Crippen LogP contribution in [0.2, 0.25) is 0 Å². The summed E-state index contributed by atoms with van der Waals surface area (Å²) < 4.78 is 35.9. The lowest BCUT2D eigenvalue weighted by atomic mass is 9.87. The Kier molecular flexibility index (Phi) is 2.42. The monoisotopic (exact) mass is 167 g/mol. The third-order valence-electron chi connectivity index (χ3n) is 2.14. The standard InChI is InChI=1S/C7H10F3O/c8-7(9,10)5-1-3-6(11)4-2-5/h5-6H,1-4H2/t5-,6-. The molecule has 1 fully saturated rings. The van der Waals surface area contributed by atoms with Gasteiger partial charge < -0.3 is 0 Å². The van der Waals surface area contributed by atoms with Crippen LogP contribution in [0.4, 0.5) is 13.2 Å². The molecule has 1 nitrogen and oxygen atoms in total. The number of halogens is 3. The van der Waals surface area contributed by atoms with Crippen molar-refractivity contribution in [3.8, 4) is 0 Å². The van der Waals surface area contributed by atoms with Crippen LogP contribution in [0.1, 0.15) is 25.7 Å². The number of hydrogen-bond acceptors (Lipinski definition) is 0. The molecule has 0 aromatic heterocycles. The maximum atomic E-state index is 12.0. The smallest absolute Gasteiger partial charge is 0.233 e. The van der Waals surface area contributed by atoms with E-state index in [1.807, 2.05) is 0 Å². The third kappa shape index (κ3) is 2.36. The zero-order valence-corrected chi connectivity index (χ0v) is 6.03. The Hall–Kier alpha value is -0.250. The van der Waals surface area contributed by atoms with Crippen molar-refractivity contribution in [2.75, 3.05) is 0 Å². The molecule has 1 aliphatic rings. The summed E-state index contributed by atoms with van der Waals surface area (Å²) >= 11 is 0. The van der Waals surface area contributed by atoms with E-state index >= 15 is 0 Å². The Morgan fingerprint density at radius 1 is 1.00 bits per heavy atom. The minimum Gasteiger partial charge on any atom is -0.233 e. The van der Waals surface area contributed by atoms with Crippen molar-refractivity contribution in [3.05, 3.63) is 0 Å². The van der Waals surface area contributed by atoms with E-state index in [1.165, 1.54) is 0 Å². The van der Waals surface area contributed by atoms with Gasteiger partial charge in [-0.05, 0) is 25.7 Å². The molecule has 0 aliphatic heterocycles. The van der Waals surface area contributed by atoms with E-state index in [0.29, 0.717) is 0 Å². The van der Waals surface area contributed by atoms with Gasteiger partial charge >= 0.3 is 6.18 Å². The summed E-state index contributed by atoms with van der Waals surface area (Å²) in [6, 6.07) is 0. The second kappa shape index (κ2) is 3.01. The minimum absolute atomic E-state index is 0.0255. The maximum Gasteiger partial charge on any atom is 0.391 e. The van der Waals surface area contributed by atoms with Gasteiger partial charge in [-0.15, -0.1) is 0 Å². The molecule has 0 spiro atoms. The van der Waals surface area contributed by atoms with Gasteiger partial charge in [-0.1, -0.05) is 0 Å². The maximum absolute atomic E-state index is 12.0. The summed E-state index contributed by atoms with van der Waals surface area (Å²) in [5, 5.41) is 10.7. The lowest BCUT2D eigenvalue weighted by molar-refractivity contribution is -0.187. The quantitative estimate of drug-likeness (QED) is 0.528. The Bertz CT molecular complexity index is 124. The van der Waals surface area contributed by atoms with Crippen molar-refractivity contribution in [2.45, 2.75) is 38.0 Å². The highest BCUT2D eigenvalue weighted by atomic mass is 19.4. The lowest BCUT2D eigenvalue weighted by Crippen LogP contribution is -2.28. The number of alkyl halides is 3. The molecule has 1 rings (SSSR count). The third-order valence-corrected chi connectivity index (χ3v) is 2.14. The van der Waals surface area contributed by atoms with Crippen molar-refractivity contribution in [1.82, 2.24) is 0 Å². The van der Waals surface area contributed by atoms with Gasteiger partial charge in [0, 0.05) is 0 Å². The summed E-state index contributed by atoms with van der Waals surface area (Å²) in [5.41, 5.74) is 0. The van der Waals surface area contributed by atoms with Crippen LogP contribution in [0.3, 0.4) is 0 Å². The second-order valence-corrected chi connectivity index (χ2v) is 3.02. The minimum atomic E-state index is -4.08. The molecule has 1 aliphatic carbocycles. The Morgan fingerprint density at radius 3 is 1.82 bits per heavy atom. The molecule has 4 heteroatoms. The second-order valence-electron chi connectivity index (χ2n) is 3.02. The zero-order valence-electron chi connectivity index (χ0n) is 6.03. The average Bonchev–Trinajstić information content (AvgIpc) is 1.86. The highest BCUT2D eigenvalue weighted by Gasteiger charge is 2.41. The van der Waals surface area contributed by atoms with E-state index in [9.17, 15) is 18.3 Å². The van der Waals surface area contributed by atoms with Gasteiger partial charge in [-0.25, -0.2) is 5.11 Å². The Balaban J connectivity index is 2.39. The molecule has 0 aromatic carbocycles. The fourth-order valence-corrected chi connectivity index (χ4v) is 1.39. The molecule has 65 valence electrons. The van der Waals surface area contributed by atoms with Gasteiger partial charge in [-0.3, -0.25) is 0 Å². The molecule has 0 saturated heterocycles. The first-order valence-corrected chi connectivity index (χ1v) is 3.72. The predicted molar refractivity (Wildman–Crippen MR) is 32.5 cm³/mol. The lowest BCUT2D eigenvalue weighted by Gasteiger charge is -2.25. The normalized spacial score (nSPS) is 33.8. The highest BCUT2D eigenvalue weighted by molar-refractivity contribution is 4.76. The molecule has 1 radical (unpaired) electrons. The molecule has 0 atom stereocenters. The zero-order chi connectivity index (χ0) is 8.48. The largest absolute Gasteiger partial charge is 0.391 e. The van der Waals surface area contributed by atoms with Crippen molar-refractivity contribution in [1.29, 1.82) is 0 Å². The van der Waals surface area contributed by atoms with Gasteiger partial charge in [-0.2, -0.15) is 13.2 Å². The predicted octanol–water partition coefficient (Wildman–Crippen LogP) is 2.54. The van der Waals surface area contributed by atoms with Gasteiger partial charge in [0.25, 0.3) is 0 Å². The number of rotatable bonds is 0. The van der Waals surface area contributed by atoms with Crippen molar-refractivity contribution >= 4 is 0 Å². The van der Waals surface area contributed by atoms with E-state index in [0.717, 1.165) is 0 Å². The van der Waals surface area contributed by atoms with Crippen molar-refractivity contribution in [2.24, 2.45) is 5.92 Å². The summed E-state index contributed by atoms with van der Waals surface area (Å²) in [7, 11) is 0. The average molecular weight is 167 g/mol. The molecule has 1 saturated carbocycles. The SMILES string of the molecule is [O][C@H]1CC[C@H](C(F)(F)F)CC1. The van der Waals surface area contributed by atoms with Crippen LogP contribution in [0.15, 0.2) is 0 Å². The van der Waals surface area contributed by atoms with Gasteiger partial charge in [0.05, 0.1) is 12.0 Å². The van der Waals surface area contributed by atoms with Crippen LogP contribution < -0.4 is 0 Å². The Labute approximate surface area is 63.2 Å². The molecule has 0 aromatic rings. The first kappa shape index (κ1) is 8.84. The van der Waals surface area contributed by atoms with Gasteiger partial charge in [0.1, 0.15) is 0 Å². The molecule has 11 heavy (non-hydrogen) atoms. The Morgan fingerprint density at radius 2 is 1.45 bits per heavy atom. The van der Waals surface area contributed by atoms with Crippen LogP contribution in [0.5, 0.6) is 0 Å². The van der Waals surface area contributed by atoms with Crippen LogP contribution >= 0.6 is 0 Å². The highest BCUT2D eigenvalue weighted by Crippen LogP contribution is 2.37. The fourth-order valence-electron chi connectivity index (χ4n) is 1.39. The van der Waals surface area contributed by atoms with Crippen LogP contribution in [-0.4, -0.2) is 12.3 Å². The van der Waals surface area contributed by atoms with Crippen molar-refractivity contribution < 1.29 is 18.3 Å². The van der Waals surface area contributed by atoms with E-state index in [1.54, 1.807) is 0 Å². The first-order valence-electron chi connectivity index (χ1n) is 3.72. The molecular formula is C7H10F3O. The first-order chi connectivity index (χ1) is 5.00. The summed E-state index contributed by atoms with van der Waals surface area (Å²) in [5.74, 6) is -1.22. The number of hydrogen-bond donors (Lipinski definition) is 0. The summed E-state index contributed by atoms with van der Waals surface area (Å²) in [6.07, 6.45) is -4.42. The topological polar surface area (TPSA) is 19.9 Å². The molecule has 0 bridgehead atoms. The van der Waals surface area contributed by atoms with Crippen LogP contribution in [-0.2, 0) is 5.11 Å². The molecular weight excluding hydrogens is 157 g/mol. The van der Waals surface area contributed by atoms with E-state index in [-0.39, 0.29) is 25.7 Å². The fraction of sp³-hybridized carbons (Fsp3) is 1.00. The summed E-state index contributed by atoms with van der Waals surface area (Å²) in [6.45, 7) is 0. The summed E-state index contributed by atoms with van der Waals surface area (Å²) in [4.78, 5) is 0. The van der Waals surface area contributed by atoms with E-state index < -0.39 is 18.2 Å². The molecule has 0 unspecified atom stereocenters. The van der Waals surface area contributed by atoms with Crippen molar-refractivity contribution in [3.63, 3.8) is 0 Å². The van der Waals surface area contributed by atoms with E-state index in [2.05, 4.69) is 0 Å². The van der Waals surface area contributed by atoms with Gasteiger partial charge in [0.15, 0.2) is 0 Å². The molecule has 0 heterocycles. The van der Waals surface area contributed by atoms with Crippen LogP contribution in [0.25, 0.3) is 0 Å². The molecule has 0 amide bonds.